The van der Waals surface area contributed by atoms with Gasteiger partial charge in [0.1, 0.15) is 5.69 Å². The van der Waals surface area contributed by atoms with Gasteiger partial charge >= 0.3 is 0 Å². The summed E-state index contributed by atoms with van der Waals surface area (Å²) in [6.45, 7) is 9.15. The zero-order valence-electron chi connectivity index (χ0n) is 13.9. The van der Waals surface area contributed by atoms with Crippen LogP contribution in [0, 0.1) is 20.8 Å². The minimum absolute atomic E-state index is 0.142. The lowest BCUT2D eigenvalue weighted by atomic mass is 10.2. The van der Waals surface area contributed by atoms with Crippen LogP contribution in [0.5, 0.6) is 0 Å². The van der Waals surface area contributed by atoms with Crippen molar-refractivity contribution >= 4 is 17.5 Å². The summed E-state index contributed by atoms with van der Waals surface area (Å²) < 4.78 is 3.48. The van der Waals surface area contributed by atoms with Gasteiger partial charge < -0.3 is 4.90 Å². The Balaban J connectivity index is 2.27. The molecule has 0 saturated heterocycles. The molecule has 0 aliphatic heterocycles. The van der Waals surface area contributed by atoms with Crippen molar-refractivity contribution in [3.63, 3.8) is 0 Å². The van der Waals surface area contributed by atoms with E-state index >= 15 is 0 Å². The summed E-state index contributed by atoms with van der Waals surface area (Å²) in [5.74, 6) is -0.142. The molecule has 0 N–H and O–H groups in total. The number of aromatic nitrogens is 4. The van der Waals surface area contributed by atoms with Gasteiger partial charge in [-0.15, -0.1) is 0 Å². The Morgan fingerprint density at radius 3 is 2.32 bits per heavy atom. The van der Waals surface area contributed by atoms with E-state index in [4.69, 9.17) is 11.6 Å². The molecule has 2 aromatic heterocycles. The lowest BCUT2D eigenvalue weighted by Gasteiger charge is -2.18. The number of amides is 1. The Morgan fingerprint density at radius 2 is 1.86 bits per heavy atom. The van der Waals surface area contributed by atoms with Gasteiger partial charge in [-0.2, -0.15) is 10.2 Å². The van der Waals surface area contributed by atoms with E-state index in [0.29, 0.717) is 23.0 Å². The molecule has 0 aliphatic rings. The number of nitrogens with zero attached hydrogens (tertiary/aromatic N) is 5. The third kappa shape index (κ3) is 2.75. The van der Waals surface area contributed by atoms with Crippen LogP contribution in [0.1, 0.15) is 40.1 Å². The van der Waals surface area contributed by atoms with Crippen LogP contribution in [-0.4, -0.2) is 37.4 Å². The Morgan fingerprint density at radius 1 is 1.23 bits per heavy atom. The fraction of sp³-hybridized carbons (Fsp3) is 0.533. The Hall–Kier alpha value is -1.82. The van der Waals surface area contributed by atoms with Crippen LogP contribution in [0.2, 0.25) is 5.02 Å². The van der Waals surface area contributed by atoms with E-state index in [2.05, 4.69) is 17.1 Å². The van der Waals surface area contributed by atoms with Crippen LogP contribution in [0.15, 0.2) is 0 Å². The van der Waals surface area contributed by atoms with Crippen LogP contribution in [-0.2, 0) is 20.1 Å². The molecule has 22 heavy (non-hydrogen) atoms. The highest BCUT2D eigenvalue weighted by Crippen LogP contribution is 2.22. The van der Waals surface area contributed by atoms with Gasteiger partial charge in [0.15, 0.2) is 0 Å². The molecule has 0 unspecified atom stereocenters. The van der Waals surface area contributed by atoms with Crippen LogP contribution >= 0.6 is 11.6 Å². The molecule has 2 heterocycles. The van der Waals surface area contributed by atoms with E-state index in [1.165, 1.54) is 4.68 Å². The Labute approximate surface area is 135 Å². The van der Waals surface area contributed by atoms with Crippen molar-refractivity contribution in [3.05, 3.63) is 33.4 Å². The highest BCUT2D eigenvalue weighted by Gasteiger charge is 2.23. The zero-order valence-corrected chi connectivity index (χ0v) is 14.7. The molecule has 2 aromatic rings. The summed E-state index contributed by atoms with van der Waals surface area (Å²) in [7, 11) is 3.49. The van der Waals surface area contributed by atoms with E-state index in [1.54, 1.807) is 25.9 Å². The molecular weight excluding hydrogens is 302 g/mol. The number of hydrogen-bond acceptors (Lipinski definition) is 3. The molecule has 0 saturated carbocycles. The van der Waals surface area contributed by atoms with Gasteiger partial charge in [-0.3, -0.25) is 14.2 Å². The fourth-order valence-corrected chi connectivity index (χ4v) is 2.87. The Kier molecular flexibility index (Phi) is 4.60. The lowest BCUT2D eigenvalue weighted by Crippen LogP contribution is -2.28. The minimum Gasteiger partial charge on any atom is -0.336 e. The first-order valence-corrected chi connectivity index (χ1v) is 7.63. The molecule has 0 aromatic carbocycles. The van der Waals surface area contributed by atoms with Crippen LogP contribution in [0.3, 0.4) is 0 Å². The van der Waals surface area contributed by atoms with Crippen LogP contribution < -0.4 is 0 Å². The second-order valence-electron chi connectivity index (χ2n) is 5.50. The normalized spacial score (nSPS) is 11.0. The number of halogens is 1. The molecule has 0 aliphatic carbocycles. The number of rotatable bonds is 4. The molecule has 2 rings (SSSR count). The van der Waals surface area contributed by atoms with Gasteiger partial charge in [0.2, 0.25) is 0 Å². The van der Waals surface area contributed by atoms with Crippen LogP contribution in [0.4, 0.5) is 0 Å². The molecule has 0 atom stereocenters. The first-order chi connectivity index (χ1) is 10.3. The van der Waals surface area contributed by atoms with E-state index in [1.807, 2.05) is 18.5 Å². The van der Waals surface area contributed by atoms with Crippen molar-refractivity contribution < 1.29 is 4.79 Å². The average molecular weight is 324 g/mol. The standard InChI is InChI=1S/C15H22ClN5O/c1-7-21-11(4)12(9(2)18-21)8-19(5)15(22)14-13(16)10(3)17-20(14)6/h7-8H2,1-6H3. The quantitative estimate of drug-likeness (QED) is 0.868. The third-order valence-corrected chi connectivity index (χ3v) is 4.38. The van der Waals surface area contributed by atoms with Gasteiger partial charge in [0.25, 0.3) is 5.91 Å². The topological polar surface area (TPSA) is 56.0 Å². The molecule has 0 radical (unpaired) electrons. The SMILES string of the molecule is CCn1nc(C)c(CN(C)C(=O)c2c(Cl)c(C)nn2C)c1C. The zero-order chi connectivity index (χ0) is 16.6. The van der Waals surface area contributed by atoms with Crippen molar-refractivity contribution in [3.8, 4) is 0 Å². The molecule has 0 spiro atoms. The van der Waals surface area contributed by atoms with E-state index in [0.717, 1.165) is 23.5 Å². The first-order valence-electron chi connectivity index (χ1n) is 7.25. The molecule has 1 amide bonds. The average Bonchev–Trinajstić information content (AvgIpc) is 2.88. The highest BCUT2D eigenvalue weighted by molar-refractivity contribution is 6.34. The maximum Gasteiger partial charge on any atom is 0.273 e. The van der Waals surface area contributed by atoms with Crippen molar-refractivity contribution in [1.29, 1.82) is 0 Å². The minimum atomic E-state index is -0.142. The summed E-state index contributed by atoms with van der Waals surface area (Å²) in [6, 6.07) is 0. The summed E-state index contributed by atoms with van der Waals surface area (Å²) in [5, 5.41) is 9.10. The molecular formula is C15H22ClN5O. The maximum atomic E-state index is 12.7. The van der Waals surface area contributed by atoms with Gasteiger partial charge in [0, 0.05) is 38.4 Å². The highest BCUT2D eigenvalue weighted by atomic mass is 35.5. The van der Waals surface area contributed by atoms with Crippen molar-refractivity contribution in [1.82, 2.24) is 24.5 Å². The monoisotopic (exact) mass is 323 g/mol. The molecule has 6 nitrogen and oxygen atoms in total. The van der Waals surface area contributed by atoms with Gasteiger partial charge in [-0.1, -0.05) is 11.6 Å². The number of hydrogen-bond donors (Lipinski definition) is 0. The predicted octanol–water partition coefficient (Wildman–Crippen LogP) is 2.49. The molecule has 120 valence electrons. The number of aryl methyl sites for hydroxylation is 4. The molecule has 7 heteroatoms. The van der Waals surface area contributed by atoms with E-state index in [9.17, 15) is 4.79 Å². The molecule has 0 fully saturated rings. The Bertz CT molecular complexity index is 716. The predicted molar refractivity (Wildman–Crippen MR) is 86.1 cm³/mol. The smallest absolute Gasteiger partial charge is 0.273 e. The van der Waals surface area contributed by atoms with Crippen molar-refractivity contribution in [2.75, 3.05) is 7.05 Å². The summed E-state index contributed by atoms with van der Waals surface area (Å²) in [4.78, 5) is 14.3. The summed E-state index contributed by atoms with van der Waals surface area (Å²) >= 11 is 6.20. The van der Waals surface area contributed by atoms with Crippen molar-refractivity contribution in [2.45, 2.75) is 40.8 Å². The maximum absolute atomic E-state index is 12.7. The van der Waals surface area contributed by atoms with Gasteiger partial charge in [0.05, 0.1) is 16.4 Å². The second kappa shape index (κ2) is 6.12. The van der Waals surface area contributed by atoms with Crippen molar-refractivity contribution in [2.24, 2.45) is 7.05 Å². The largest absolute Gasteiger partial charge is 0.336 e. The fourth-order valence-electron chi connectivity index (χ4n) is 2.63. The third-order valence-electron chi connectivity index (χ3n) is 3.92. The van der Waals surface area contributed by atoms with E-state index in [-0.39, 0.29) is 5.91 Å². The van der Waals surface area contributed by atoms with Gasteiger partial charge in [-0.05, 0) is 27.7 Å². The number of carbonyl (C=O) groups is 1. The number of carbonyl (C=O) groups excluding carboxylic acids is 1. The lowest BCUT2D eigenvalue weighted by molar-refractivity contribution is 0.0774. The summed E-state index contributed by atoms with van der Waals surface area (Å²) in [6.07, 6.45) is 0. The second-order valence-corrected chi connectivity index (χ2v) is 5.88. The summed E-state index contributed by atoms with van der Waals surface area (Å²) in [5.41, 5.74) is 4.19. The van der Waals surface area contributed by atoms with Crippen LogP contribution in [0.25, 0.3) is 0 Å². The molecule has 0 bridgehead atoms. The van der Waals surface area contributed by atoms with Gasteiger partial charge in [-0.25, -0.2) is 0 Å². The first kappa shape index (κ1) is 16.5. The van der Waals surface area contributed by atoms with E-state index < -0.39 is 0 Å².